The molecule has 0 aromatic carbocycles. The Morgan fingerprint density at radius 3 is 3.06 bits per heavy atom. The van der Waals surface area contributed by atoms with Gasteiger partial charge in [-0.3, -0.25) is 4.79 Å². The molecule has 0 aliphatic carbocycles. The molecule has 0 spiro atoms. The second-order valence-electron chi connectivity index (χ2n) is 3.26. The lowest BCUT2D eigenvalue weighted by molar-refractivity contribution is 0.205. The third-order valence-corrected chi connectivity index (χ3v) is 3.11. The number of nitrogens with one attached hydrogen (secondary N) is 1. The van der Waals surface area contributed by atoms with Gasteiger partial charge in [-0.05, 0) is 22.6 Å². The summed E-state index contributed by atoms with van der Waals surface area (Å²) in [6.07, 6.45) is 1.75. The lowest BCUT2D eigenvalue weighted by Crippen LogP contribution is -2.31. The van der Waals surface area contributed by atoms with Crippen LogP contribution in [0.4, 0.5) is 5.82 Å². The van der Waals surface area contributed by atoms with Crippen molar-refractivity contribution < 1.29 is 4.74 Å². The molecule has 0 saturated heterocycles. The Labute approximate surface area is 113 Å². The van der Waals surface area contributed by atoms with E-state index in [1.54, 1.807) is 7.11 Å². The Kier molecular flexibility index (Phi) is 5.93. The first-order chi connectivity index (χ1) is 8.20. The molecular formula is C10H13IN4O2. The first-order valence-electron chi connectivity index (χ1n) is 5.04. The highest BCUT2D eigenvalue weighted by Crippen LogP contribution is 2.15. The first-order valence-corrected chi connectivity index (χ1v) is 6.12. The summed E-state index contributed by atoms with van der Waals surface area (Å²) < 4.78 is 5.53. The Hall–Kier alpha value is -1.14. The Balaban J connectivity index is 2.91. The number of hydrogen-bond acceptors (Lipinski definition) is 5. The van der Waals surface area contributed by atoms with E-state index in [2.05, 4.69) is 16.0 Å². The molecule has 0 amide bonds. The average molecular weight is 348 g/mol. The number of H-pyrrole nitrogens is 1. The van der Waals surface area contributed by atoms with Crippen LogP contribution < -0.4 is 10.5 Å². The summed E-state index contributed by atoms with van der Waals surface area (Å²) in [4.78, 5) is 20.0. The molecule has 0 radical (unpaired) electrons. The van der Waals surface area contributed by atoms with Gasteiger partial charge in [-0.25, -0.2) is 4.98 Å². The van der Waals surface area contributed by atoms with Gasteiger partial charge < -0.3 is 14.6 Å². The fourth-order valence-corrected chi connectivity index (χ4v) is 1.94. The van der Waals surface area contributed by atoms with E-state index in [-0.39, 0.29) is 5.56 Å². The van der Waals surface area contributed by atoms with E-state index in [1.165, 1.54) is 6.33 Å². The van der Waals surface area contributed by atoms with Crippen LogP contribution in [-0.2, 0) is 4.74 Å². The topological polar surface area (TPSA) is 82.0 Å². The number of rotatable bonds is 6. The maximum Gasteiger partial charge on any atom is 0.266 e. The summed E-state index contributed by atoms with van der Waals surface area (Å²) in [5, 5.41) is 8.61. The molecule has 1 N–H and O–H groups in total. The second kappa shape index (κ2) is 7.24. The maximum absolute atomic E-state index is 11.5. The monoisotopic (exact) mass is 348 g/mol. The van der Waals surface area contributed by atoms with Gasteiger partial charge >= 0.3 is 0 Å². The molecule has 1 rings (SSSR count). The van der Waals surface area contributed by atoms with Crippen molar-refractivity contribution in [3.05, 3.63) is 20.3 Å². The van der Waals surface area contributed by atoms with Crippen molar-refractivity contribution in [3.63, 3.8) is 0 Å². The van der Waals surface area contributed by atoms with Crippen LogP contribution in [0.2, 0.25) is 0 Å². The number of halogens is 1. The van der Waals surface area contributed by atoms with Gasteiger partial charge in [0.15, 0.2) is 0 Å². The molecule has 0 unspecified atom stereocenters. The fourth-order valence-electron chi connectivity index (χ4n) is 1.30. The van der Waals surface area contributed by atoms with Gasteiger partial charge in [0.25, 0.3) is 5.56 Å². The van der Waals surface area contributed by atoms with Crippen LogP contribution in [0.5, 0.6) is 0 Å². The zero-order valence-electron chi connectivity index (χ0n) is 9.44. The number of nitriles is 1. The van der Waals surface area contributed by atoms with Crippen molar-refractivity contribution in [2.75, 3.05) is 31.7 Å². The number of nitrogens with zero attached hydrogens (tertiary/aromatic N) is 3. The SMILES string of the molecule is COCCN(CCC#N)c1nc[nH]c(=O)c1I. The van der Waals surface area contributed by atoms with E-state index in [0.29, 0.717) is 35.5 Å². The minimum atomic E-state index is -0.171. The molecule has 0 atom stereocenters. The van der Waals surface area contributed by atoms with Gasteiger partial charge in [-0.2, -0.15) is 5.26 Å². The summed E-state index contributed by atoms with van der Waals surface area (Å²) in [5.41, 5.74) is -0.171. The predicted molar refractivity (Wildman–Crippen MR) is 71.9 cm³/mol. The van der Waals surface area contributed by atoms with Crippen molar-refractivity contribution in [2.45, 2.75) is 6.42 Å². The molecular weight excluding hydrogens is 335 g/mol. The molecule has 1 heterocycles. The zero-order valence-corrected chi connectivity index (χ0v) is 11.6. The van der Waals surface area contributed by atoms with Crippen LogP contribution in [0.1, 0.15) is 6.42 Å². The summed E-state index contributed by atoms with van der Waals surface area (Å²) in [7, 11) is 1.61. The summed E-state index contributed by atoms with van der Waals surface area (Å²) >= 11 is 1.95. The quantitative estimate of drug-likeness (QED) is 0.767. The minimum absolute atomic E-state index is 0.171. The molecule has 92 valence electrons. The van der Waals surface area contributed by atoms with Crippen molar-refractivity contribution in [3.8, 4) is 6.07 Å². The molecule has 17 heavy (non-hydrogen) atoms. The van der Waals surface area contributed by atoms with Crippen LogP contribution in [0.25, 0.3) is 0 Å². The van der Waals surface area contributed by atoms with Crippen LogP contribution >= 0.6 is 22.6 Å². The summed E-state index contributed by atoms with van der Waals surface area (Å²) in [6.45, 7) is 1.66. The molecule has 0 aliphatic rings. The van der Waals surface area contributed by atoms with Gasteiger partial charge in [0.1, 0.15) is 9.39 Å². The molecule has 1 aromatic heterocycles. The maximum atomic E-state index is 11.5. The fraction of sp³-hybridized carbons (Fsp3) is 0.500. The lowest BCUT2D eigenvalue weighted by Gasteiger charge is -2.22. The highest BCUT2D eigenvalue weighted by Gasteiger charge is 2.13. The highest BCUT2D eigenvalue weighted by molar-refractivity contribution is 14.1. The van der Waals surface area contributed by atoms with E-state index in [0.717, 1.165) is 0 Å². The van der Waals surface area contributed by atoms with Gasteiger partial charge in [0, 0.05) is 20.2 Å². The van der Waals surface area contributed by atoms with Crippen LogP contribution in [-0.4, -0.2) is 36.8 Å². The molecule has 7 heteroatoms. The normalized spacial score (nSPS) is 9.94. The van der Waals surface area contributed by atoms with E-state index >= 15 is 0 Å². The van der Waals surface area contributed by atoms with Crippen molar-refractivity contribution in [1.29, 1.82) is 5.26 Å². The largest absolute Gasteiger partial charge is 0.383 e. The molecule has 0 aliphatic heterocycles. The average Bonchev–Trinajstić information content (AvgIpc) is 2.34. The van der Waals surface area contributed by atoms with Gasteiger partial charge in [-0.15, -0.1) is 0 Å². The Morgan fingerprint density at radius 2 is 2.41 bits per heavy atom. The molecule has 6 nitrogen and oxygen atoms in total. The van der Waals surface area contributed by atoms with E-state index in [4.69, 9.17) is 10.00 Å². The van der Waals surface area contributed by atoms with Gasteiger partial charge in [-0.1, -0.05) is 0 Å². The predicted octanol–water partition coefficient (Wildman–Crippen LogP) is 0.741. The first kappa shape index (κ1) is 13.9. The number of aromatic nitrogens is 2. The second-order valence-corrected chi connectivity index (χ2v) is 4.34. The Bertz CT molecular complexity index is 454. The number of anilines is 1. The summed E-state index contributed by atoms with van der Waals surface area (Å²) in [6, 6.07) is 2.08. The zero-order chi connectivity index (χ0) is 12.7. The van der Waals surface area contributed by atoms with Crippen molar-refractivity contribution in [2.24, 2.45) is 0 Å². The minimum Gasteiger partial charge on any atom is -0.383 e. The smallest absolute Gasteiger partial charge is 0.266 e. The standard InChI is InChI=1S/C10H13IN4O2/c1-17-6-5-15(4-2-3-12)9-8(11)10(16)14-7-13-9/h7H,2,4-6H2,1H3,(H,13,14,16). The Morgan fingerprint density at radius 1 is 1.65 bits per heavy atom. The number of aromatic amines is 1. The third-order valence-electron chi connectivity index (χ3n) is 2.14. The van der Waals surface area contributed by atoms with Crippen molar-refractivity contribution in [1.82, 2.24) is 9.97 Å². The lowest BCUT2D eigenvalue weighted by atomic mass is 10.4. The third kappa shape index (κ3) is 3.98. The highest BCUT2D eigenvalue weighted by atomic mass is 127. The molecule has 0 bridgehead atoms. The van der Waals surface area contributed by atoms with Crippen LogP contribution in [0, 0.1) is 14.9 Å². The van der Waals surface area contributed by atoms with Crippen molar-refractivity contribution >= 4 is 28.4 Å². The van der Waals surface area contributed by atoms with Gasteiger partial charge in [0.05, 0.1) is 25.4 Å². The van der Waals surface area contributed by atoms with Crippen LogP contribution in [0.3, 0.4) is 0 Å². The molecule has 0 saturated carbocycles. The van der Waals surface area contributed by atoms with E-state index in [1.807, 2.05) is 27.5 Å². The number of ether oxygens (including phenoxy) is 1. The molecule has 1 aromatic rings. The summed E-state index contributed by atoms with van der Waals surface area (Å²) in [5.74, 6) is 0.599. The number of hydrogen-bond donors (Lipinski definition) is 1. The van der Waals surface area contributed by atoms with Gasteiger partial charge in [0.2, 0.25) is 0 Å². The molecule has 0 fully saturated rings. The number of methoxy groups -OCH3 is 1. The van der Waals surface area contributed by atoms with E-state index in [9.17, 15) is 4.79 Å². The van der Waals surface area contributed by atoms with Crippen LogP contribution in [0.15, 0.2) is 11.1 Å². The van der Waals surface area contributed by atoms with E-state index < -0.39 is 0 Å².